The molecule has 4 aliphatic heterocycles. The number of halogens is 1. The number of rotatable bonds is 11. The monoisotopic (exact) mass is 1020 g/mol. The molecular weight excluding hydrogens is 938 g/mol. The summed E-state index contributed by atoms with van der Waals surface area (Å²) in [5, 5.41) is 20.2. The zero-order valence-electron chi connectivity index (χ0n) is 44.4. The Bertz CT molecular complexity index is 2620. The Morgan fingerprint density at radius 3 is 2.38 bits per heavy atom. The zero-order valence-corrected chi connectivity index (χ0v) is 44.4. The summed E-state index contributed by atoms with van der Waals surface area (Å²) < 4.78 is 16.8. The van der Waals surface area contributed by atoms with Crippen LogP contribution in [-0.4, -0.2) is 106 Å². The van der Waals surface area contributed by atoms with Crippen LogP contribution >= 0.6 is 0 Å². The third kappa shape index (κ3) is 18.3. The van der Waals surface area contributed by atoms with Gasteiger partial charge in [0, 0.05) is 96.2 Å². The molecule has 4 amide bonds. The van der Waals surface area contributed by atoms with Crippen molar-refractivity contribution < 1.29 is 38.4 Å². The van der Waals surface area contributed by atoms with Gasteiger partial charge in [-0.3, -0.25) is 39.0 Å². The van der Waals surface area contributed by atoms with Crippen molar-refractivity contribution >= 4 is 40.6 Å². The summed E-state index contributed by atoms with van der Waals surface area (Å²) in [5.74, 6) is -1.41. The number of aliphatic hydroxyl groups is 1. The molecule has 2 aromatic carbocycles. The number of allylic oxidation sites excluding steroid dienone is 9. The number of carbonyl (C=O) groups is 4. The minimum absolute atomic E-state index is 0. The van der Waals surface area contributed by atoms with Crippen LogP contribution in [-0.2, 0) is 38.6 Å². The lowest BCUT2D eigenvalue weighted by Crippen LogP contribution is -2.50. The third-order valence-electron chi connectivity index (χ3n) is 13.2. The maximum Gasteiger partial charge on any atom is 0.260 e. The van der Waals surface area contributed by atoms with Crippen LogP contribution in [0.1, 0.15) is 113 Å². The molecule has 0 spiro atoms. The molecule has 1 aliphatic carbocycles. The van der Waals surface area contributed by atoms with E-state index < -0.39 is 17.8 Å². The number of hydrogen-bond acceptors (Lipinski definition) is 10. The second-order valence-corrected chi connectivity index (χ2v) is 18.9. The van der Waals surface area contributed by atoms with Crippen LogP contribution < -0.4 is 26.6 Å². The second-order valence-electron chi connectivity index (χ2n) is 18.9. The Morgan fingerprint density at radius 1 is 0.946 bits per heavy atom. The molecule has 2 fully saturated rings. The number of anilines is 2. The van der Waals surface area contributed by atoms with Gasteiger partial charge < -0.3 is 31.8 Å². The summed E-state index contributed by atoms with van der Waals surface area (Å²) in [6, 6.07) is 10.9. The van der Waals surface area contributed by atoms with E-state index in [1.807, 2.05) is 40.3 Å². The fraction of sp³-hybridized carbons (Fsp3) is 0.431. The molecule has 15 nitrogen and oxygen atoms in total. The first-order valence-corrected chi connectivity index (χ1v) is 25.9. The van der Waals surface area contributed by atoms with E-state index in [1.54, 1.807) is 59.6 Å². The average molecular weight is 1020 g/mol. The van der Waals surface area contributed by atoms with Gasteiger partial charge in [-0.05, 0) is 133 Å². The lowest BCUT2D eigenvalue weighted by molar-refractivity contribution is -0.133. The van der Waals surface area contributed by atoms with Crippen molar-refractivity contribution in [2.45, 2.75) is 118 Å². The highest BCUT2D eigenvalue weighted by atomic mass is 19.1. The number of piperazine rings is 1. The minimum atomic E-state index is -0.582. The Kier molecular flexibility index (Phi) is 24.5. The minimum Gasteiger partial charge on any atom is -0.412 e. The van der Waals surface area contributed by atoms with Crippen molar-refractivity contribution in [1.29, 1.82) is 0 Å². The van der Waals surface area contributed by atoms with E-state index in [0.29, 0.717) is 68.3 Å². The largest absolute Gasteiger partial charge is 0.412 e. The number of aromatic nitrogens is 2. The summed E-state index contributed by atoms with van der Waals surface area (Å²) in [6.45, 7) is 19.9. The summed E-state index contributed by atoms with van der Waals surface area (Å²) in [4.78, 5) is 54.6. The van der Waals surface area contributed by atoms with Crippen molar-refractivity contribution in [1.82, 2.24) is 30.2 Å². The Morgan fingerprint density at radius 2 is 1.68 bits per heavy atom. The van der Waals surface area contributed by atoms with E-state index in [2.05, 4.69) is 79.6 Å². The first-order valence-electron chi connectivity index (χ1n) is 25.9. The maximum atomic E-state index is 15.0. The van der Waals surface area contributed by atoms with E-state index in [4.69, 9.17) is 10.8 Å². The number of nitrogens with two attached hydrogens (primary N) is 1. The van der Waals surface area contributed by atoms with E-state index >= 15 is 4.39 Å². The van der Waals surface area contributed by atoms with E-state index in [9.17, 15) is 19.2 Å². The van der Waals surface area contributed by atoms with Crippen LogP contribution in [0, 0.1) is 12.7 Å². The smallest absolute Gasteiger partial charge is 0.260 e. The van der Waals surface area contributed by atoms with Gasteiger partial charge in [0.25, 0.3) is 5.91 Å². The number of nitrogens with one attached hydrogen (secondary N) is 3. The number of hydrogen-bond donors (Lipinski definition) is 5. The quantitative estimate of drug-likeness (QED) is 0.0914. The molecule has 5 heterocycles. The second kappa shape index (κ2) is 30.3. The number of nitrogens with zero attached hydrogens (tertiary/aromatic N) is 5. The summed E-state index contributed by atoms with van der Waals surface area (Å²) >= 11 is 0. The van der Waals surface area contributed by atoms with Gasteiger partial charge in [-0.25, -0.2) is 4.39 Å². The molecule has 2 saturated heterocycles. The van der Waals surface area contributed by atoms with Gasteiger partial charge in [0.1, 0.15) is 11.9 Å². The Hall–Kier alpha value is -6.88. The Labute approximate surface area is 442 Å². The molecule has 74 heavy (non-hydrogen) atoms. The average Bonchev–Trinajstić information content (AvgIpc) is 3.88. The number of fused-ring (bicyclic) bond motifs is 1. The Balaban J connectivity index is 0.000000842. The lowest BCUT2D eigenvalue weighted by atomic mass is 10.0. The van der Waals surface area contributed by atoms with Gasteiger partial charge in [0.15, 0.2) is 0 Å². The lowest BCUT2D eigenvalue weighted by Gasteiger charge is -2.36. The number of amides is 4. The normalized spacial score (nSPS) is 20.8. The molecule has 8 rings (SSSR count). The molecule has 5 aliphatic rings. The van der Waals surface area contributed by atoms with Crippen LogP contribution in [0.5, 0.6) is 0 Å². The molecule has 406 valence electrons. The van der Waals surface area contributed by atoms with Gasteiger partial charge in [-0.1, -0.05) is 73.6 Å². The van der Waals surface area contributed by atoms with E-state index in [0.717, 1.165) is 29.7 Å². The van der Waals surface area contributed by atoms with Crippen molar-refractivity contribution in [3.05, 3.63) is 154 Å². The maximum absolute atomic E-state index is 15.0. The van der Waals surface area contributed by atoms with Crippen molar-refractivity contribution in [3.63, 3.8) is 0 Å². The van der Waals surface area contributed by atoms with Crippen LogP contribution in [0.15, 0.2) is 126 Å². The van der Waals surface area contributed by atoms with Crippen LogP contribution in [0.2, 0.25) is 0 Å². The number of aliphatic hydroxyl groups excluding tert-OH is 1. The van der Waals surface area contributed by atoms with Crippen LogP contribution in [0.4, 0.5) is 15.8 Å². The standard InChI is InChI=1S/C34H38FN9O4.C11H18.C11H16.C2H6O.H2O.3H2/c1-22-28(36)4-2-3-26-7-5-23(20-44(26)34(22)48)24-18-38-43(19-24)12-11-37-32(46)21-41-13-15-42(16-14-41)30-9-6-25(17-27(30)35)39-29-8-10-31(45)40-33(29)47;1-10-6-3-4-7-11(2)9-5-8-10;1-4-10-7-6-9(3)8-11(10)5-2;1-2-3;;;;/h2-7,9,17-20,29,39H,8,10-16,21,36H2,1H3,(H,37,46)(H,40,45,47);9H,1,3-8H2,2H3;6-8H,4-5H2,1-3H3;3H,2H2,1H3;1H2;3*1H/b4-2+,26-3+,28-22+;11-9+;;;;;;. The van der Waals surface area contributed by atoms with Crippen LogP contribution in [0.25, 0.3) is 5.57 Å². The zero-order chi connectivity index (χ0) is 52.9. The van der Waals surface area contributed by atoms with Gasteiger partial charge in [0.2, 0.25) is 17.7 Å². The number of piperidine rings is 1. The van der Waals surface area contributed by atoms with Crippen molar-refractivity contribution in [3.8, 4) is 0 Å². The molecule has 0 bridgehead atoms. The highest BCUT2D eigenvalue weighted by Crippen LogP contribution is 2.28. The van der Waals surface area contributed by atoms with Crippen molar-refractivity contribution in [2.75, 3.05) is 56.1 Å². The highest BCUT2D eigenvalue weighted by Gasteiger charge is 2.28. The fourth-order valence-corrected chi connectivity index (χ4v) is 8.87. The third-order valence-corrected chi connectivity index (χ3v) is 13.2. The van der Waals surface area contributed by atoms with Crippen LogP contribution in [0.3, 0.4) is 0 Å². The molecule has 0 saturated carbocycles. The summed E-state index contributed by atoms with van der Waals surface area (Å²) in [6.07, 6.45) is 27.5. The van der Waals surface area contributed by atoms with Gasteiger partial charge in [-0.15, -0.1) is 0 Å². The molecule has 1 aromatic heterocycles. The predicted octanol–water partition coefficient (Wildman–Crippen LogP) is 8.48. The number of carbonyl (C=O) groups excluding carboxylic acids is 4. The fourth-order valence-electron chi connectivity index (χ4n) is 8.87. The van der Waals surface area contributed by atoms with Crippen molar-refractivity contribution in [2.24, 2.45) is 5.73 Å². The number of aryl methyl sites for hydroxylation is 3. The molecular formula is C58H86FN9O6. The first kappa shape index (κ1) is 59.7. The highest BCUT2D eigenvalue weighted by molar-refractivity contribution is 6.01. The number of imide groups is 1. The topological polar surface area (TPSA) is 210 Å². The molecule has 1 atom stereocenters. The molecule has 16 heteroatoms. The van der Waals surface area contributed by atoms with E-state index in [1.165, 1.54) is 66.9 Å². The van der Waals surface area contributed by atoms with E-state index in [-0.39, 0.29) is 47.1 Å². The molecule has 0 radical (unpaired) electrons. The van der Waals surface area contributed by atoms with Gasteiger partial charge in [-0.2, -0.15) is 5.10 Å². The summed E-state index contributed by atoms with van der Waals surface area (Å²) in [5.41, 5.74) is 17.6. The molecule has 1 unspecified atom stereocenters. The predicted molar refractivity (Wildman–Crippen MR) is 301 cm³/mol. The van der Waals surface area contributed by atoms with Gasteiger partial charge >= 0.3 is 0 Å². The molecule has 8 N–H and O–H groups in total. The first-order chi connectivity index (χ1) is 35.1. The summed E-state index contributed by atoms with van der Waals surface area (Å²) in [7, 11) is 0. The SMILES string of the molecule is C/C1=C(N)/C=C/C=C2\C=CC(c3cnn(CCNC(=O)CN4CCN(c5ccc(NC6CCC(=O)NC6=O)cc5F)CC4)c3)=CN2C1=O.C=C1CC/C=C(\C)CCCC1.CCO.CCc1ccc(C)cc1CC.O.[HH].[HH].[HH]. The number of benzene rings is 2. The van der Waals surface area contributed by atoms with Gasteiger partial charge in [0.05, 0.1) is 25.0 Å². The molecule has 3 aromatic rings.